The predicted octanol–water partition coefficient (Wildman–Crippen LogP) is 5.84. The Balaban J connectivity index is 1.64. The van der Waals surface area contributed by atoms with Gasteiger partial charge in [-0.25, -0.2) is 9.37 Å². The van der Waals surface area contributed by atoms with Gasteiger partial charge in [0.05, 0.1) is 17.6 Å². The molecule has 0 amide bonds. The number of nitrogens with zero attached hydrogens (tertiary/aromatic N) is 1. The van der Waals surface area contributed by atoms with Gasteiger partial charge < -0.3 is 19.6 Å². The number of hydrogen-bond acceptors (Lipinski definition) is 5. The number of hydrogen-bond donors (Lipinski definition) is 2. The lowest BCUT2D eigenvalue weighted by molar-refractivity contribution is -0.139. The van der Waals surface area contributed by atoms with E-state index < -0.39 is 17.4 Å². The lowest BCUT2D eigenvalue weighted by Crippen LogP contribution is -2.19. The van der Waals surface area contributed by atoms with Crippen LogP contribution in [0.15, 0.2) is 72.8 Å². The molecule has 172 valence electrons. The molecule has 34 heavy (non-hydrogen) atoms. The number of aliphatic hydroxyl groups excluding tert-OH is 1. The van der Waals surface area contributed by atoms with Crippen LogP contribution in [0.1, 0.15) is 47.3 Å². The van der Waals surface area contributed by atoms with Crippen LogP contribution in [-0.4, -0.2) is 33.3 Å². The van der Waals surface area contributed by atoms with Crippen molar-refractivity contribution in [1.29, 1.82) is 0 Å². The molecule has 0 spiro atoms. The van der Waals surface area contributed by atoms with Crippen molar-refractivity contribution in [2.45, 2.75) is 25.7 Å². The van der Waals surface area contributed by atoms with E-state index in [0.29, 0.717) is 23.2 Å². The van der Waals surface area contributed by atoms with E-state index in [0.717, 1.165) is 11.6 Å². The number of para-hydroxylation sites is 2. The Kier molecular flexibility index (Phi) is 5.51. The van der Waals surface area contributed by atoms with Gasteiger partial charge in [-0.2, -0.15) is 0 Å². The second-order valence-electron chi connectivity index (χ2n) is 8.61. The summed E-state index contributed by atoms with van der Waals surface area (Å²) in [5, 5.41) is 11.4. The Morgan fingerprint density at radius 1 is 1.06 bits per heavy atom. The lowest BCUT2D eigenvalue weighted by Gasteiger charge is -2.17. The summed E-state index contributed by atoms with van der Waals surface area (Å²) in [5.41, 5.74) is 2.61. The minimum atomic E-state index is -0.703. The number of benzene rings is 3. The van der Waals surface area contributed by atoms with Gasteiger partial charge in [-0.05, 0) is 49.7 Å². The molecule has 4 aromatic rings. The summed E-state index contributed by atoms with van der Waals surface area (Å²) in [6.45, 7) is 4.05. The quantitative estimate of drug-likeness (QED) is 0.223. The molecular weight excluding hydrogens is 435 g/mol. The average molecular weight is 458 g/mol. The minimum Gasteiger partial charge on any atom is -0.506 e. The molecule has 0 radical (unpaired) electrons. The second-order valence-corrected chi connectivity index (χ2v) is 8.61. The normalized spacial score (nSPS) is 18.1. The first kappa shape index (κ1) is 22.0. The summed E-state index contributed by atoms with van der Waals surface area (Å²) in [6, 6.07) is 19.8. The molecule has 0 aliphatic carbocycles. The van der Waals surface area contributed by atoms with Crippen LogP contribution in [0.4, 0.5) is 4.39 Å². The van der Waals surface area contributed by atoms with Gasteiger partial charge in [0.15, 0.2) is 5.79 Å². The first-order valence-electron chi connectivity index (χ1n) is 10.9. The molecule has 0 unspecified atom stereocenters. The van der Waals surface area contributed by atoms with Crippen molar-refractivity contribution in [3.05, 3.63) is 101 Å². The number of aliphatic hydroxyl groups is 1. The van der Waals surface area contributed by atoms with Crippen LogP contribution in [0.5, 0.6) is 0 Å². The average Bonchev–Trinajstić information content (AvgIpc) is 3.41. The number of ketones is 1. The van der Waals surface area contributed by atoms with Crippen molar-refractivity contribution in [1.82, 2.24) is 9.97 Å². The molecule has 1 fully saturated rings. The SMILES string of the molecule is CC1(C)OC[C@@H](c2cccc(/C(O)=C(\C(=O)c3cccc(F)c3)c3nc4ccccc4[nH]3)c2)O1. The van der Waals surface area contributed by atoms with E-state index in [4.69, 9.17) is 9.47 Å². The first-order chi connectivity index (χ1) is 16.3. The van der Waals surface area contributed by atoms with E-state index in [2.05, 4.69) is 9.97 Å². The van der Waals surface area contributed by atoms with Crippen molar-refractivity contribution >= 4 is 28.1 Å². The lowest BCUT2D eigenvalue weighted by atomic mass is 9.97. The number of imidazole rings is 1. The Morgan fingerprint density at radius 3 is 2.56 bits per heavy atom. The minimum absolute atomic E-state index is 0.0529. The highest BCUT2D eigenvalue weighted by Crippen LogP contribution is 2.35. The topological polar surface area (TPSA) is 84.4 Å². The van der Waals surface area contributed by atoms with E-state index in [1.807, 2.05) is 38.1 Å². The smallest absolute Gasteiger partial charge is 0.200 e. The maximum absolute atomic E-state index is 13.9. The molecule has 6 nitrogen and oxygen atoms in total. The molecular formula is C27H23FN2O4. The van der Waals surface area contributed by atoms with Gasteiger partial charge >= 0.3 is 0 Å². The summed E-state index contributed by atoms with van der Waals surface area (Å²) in [6.07, 6.45) is -0.309. The number of allylic oxidation sites excluding steroid dienone is 1. The van der Waals surface area contributed by atoms with Gasteiger partial charge in [-0.1, -0.05) is 42.5 Å². The zero-order valence-electron chi connectivity index (χ0n) is 18.7. The fraction of sp³-hybridized carbons (Fsp3) is 0.185. The van der Waals surface area contributed by atoms with Crippen molar-refractivity contribution in [3.8, 4) is 0 Å². The summed E-state index contributed by atoms with van der Waals surface area (Å²) < 4.78 is 25.5. The molecule has 2 N–H and O–H groups in total. The van der Waals surface area contributed by atoms with Crippen LogP contribution >= 0.6 is 0 Å². The number of fused-ring (bicyclic) bond motifs is 1. The zero-order valence-corrected chi connectivity index (χ0v) is 18.7. The molecule has 3 aromatic carbocycles. The number of aromatic nitrogens is 2. The number of ether oxygens (including phenoxy) is 2. The third kappa shape index (κ3) is 4.23. The Labute approximate surface area is 195 Å². The largest absolute Gasteiger partial charge is 0.506 e. The summed E-state index contributed by atoms with van der Waals surface area (Å²) in [7, 11) is 0. The van der Waals surface area contributed by atoms with Gasteiger partial charge in [0.25, 0.3) is 0 Å². The standard InChI is InChI=1S/C27H23FN2O4/c1-27(2)33-15-22(34-27)16-7-5-8-17(13-16)24(31)23(25(32)18-9-6-10-19(28)14-18)26-29-20-11-3-4-12-21(20)30-26/h3-14,22,31H,15H2,1-2H3,(H,29,30)/b24-23-/t22-/m0/s1. The van der Waals surface area contributed by atoms with Crippen molar-refractivity contribution < 1.29 is 23.8 Å². The number of halogens is 1. The third-order valence-electron chi connectivity index (χ3n) is 5.72. The number of rotatable bonds is 5. The van der Waals surface area contributed by atoms with E-state index in [1.165, 1.54) is 18.2 Å². The third-order valence-corrected chi connectivity index (χ3v) is 5.72. The Hall–Kier alpha value is -3.81. The highest BCUT2D eigenvalue weighted by Gasteiger charge is 2.34. The second kappa shape index (κ2) is 8.52. The highest BCUT2D eigenvalue weighted by atomic mass is 19.1. The van der Waals surface area contributed by atoms with Crippen LogP contribution in [0, 0.1) is 5.82 Å². The highest BCUT2D eigenvalue weighted by molar-refractivity contribution is 6.33. The van der Waals surface area contributed by atoms with Crippen LogP contribution < -0.4 is 0 Å². The zero-order chi connectivity index (χ0) is 23.9. The molecule has 7 heteroatoms. The van der Waals surface area contributed by atoms with Gasteiger partial charge in [0.2, 0.25) is 5.78 Å². The maximum Gasteiger partial charge on any atom is 0.200 e. The summed E-state index contributed by atoms with van der Waals surface area (Å²) in [4.78, 5) is 21.1. The fourth-order valence-corrected chi connectivity index (χ4v) is 4.05. The summed E-state index contributed by atoms with van der Waals surface area (Å²) in [5.74, 6) is -1.88. The Bertz CT molecular complexity index is 1390. The molecule has 1 saturated heterocycles. The molecule has 0 bridgehead atoms. The predicted molar refractivity (Wildman–Crippen MR) is 127 cm³/mol. The van der Waals surface area contributed by atoms with Gasteiger partial charge in [0.1, 0.15) is 29.1 Å². The van der Waals surface area contributed by atoms with Crippen LogP contribution in [-0.2, 0) is 9.47 Å². The fourth-order valence-electron chi connectivity index (χ4n) is 4.05. The van der Waals surface area contributed by atoms with E-state index >= 15 is 0 Å². The molecule has 1 aliphatic heterocycles. The van der Waals surface area contributed by atoms with Crippen LogP contribution in [0.3, 0.4) is 0 Å². The molecule has 2 heterocycles. The number of nitrogens with one attached hydrogen (secondary N) is 1. The van der Waals surface area contributed by atoms with E-state index in [1.54, 1.807) is 24.3 Å². The van der Waals surface area contributed by atoms with Gasteiger partial charge in [-0.3, -0.25) is 4.79 Å². The van der Waals surface area contributed by atoms with E-state index in [-0.39, 0.29) is 28.8 Å². The molecule has 1 aliphatic rings. The maximum atomic E-state index is 13.9. The Morgan fingerprint density at radius 2 is 1.82 bits per heavy atom. The first-order valence-corrected chi connectivity index (χ1v) is 10.9. The van der Waals surface area contributed by atoms with E-state index in [9.17, 15) is 14.3 Å². The summed E-state index contributed by atoms with van der Waals surface area (Å²) >= 11 is 0. The molecule has 0 saturated carbocycles. The van der Waals surface area contributed by atoms with Gasteiger partial charge in [-0.15, -0.1) is 0 Å². The van der Waals surface area contributed by atoms with Gasteiger partial charge in [0, 0.05) is 11.1 Å². The van der Waals surface area contributed by atoms with Crippen LogP contribution in [0.2, 0.25) is 0 Å². The van der Waals surface area contributed by atoms with Crippen molar-refractivity contribution in [2.75, 3.05) is 6.61 Å². The monoisotopic (exact) mass is 458 g/mol. The molecule has 1 atom stereocenters. The van der Waals surface area contributed by atoms with Crippen LogP contribution in [0.25, 0.3) is 22.4 Å². The van der Waals surface area contributed by atoms with Crippen molar-refractivity contribution in [2.24, 2.45) is 0 Å². The number of aromatic amines is 1. The number of carbonyl (C=O) groups is 1. The molecule has 5 rings (SSSR count). The number of H-pyrrole nitrogens is 1. The molecule has 1 aromatic heterocycles. The van der Waals surface area contributed by atoms with Crippen molar-refractivity contribution in [3.63, 3.8) is 0 Å². The number of carbonyl (C=O) groups excluding carboxylic acids is 1. The number of Topliss-reactive ketones (excluding diaryl/α,β-unsaturated/α-hetero) is 1.